The SMILES string of the molecule is O=S(=O)(ON=C(c1cc2ccccc2[nH]1)C(F)(F)C(F)(F)C(F)(F)F)C(F)(F)C(F)(F)C(F)(F)C(F)(F)F. The molecule has 0 bridgehead atoms. The topological polar surface area (TPSA) is 71.5 Å². The number of aromatic amines is 1. The van der Waals surface area contributed by atoms with Crippen molar-refractivity contribution < 1.29 is 82.9 Å². The Labute approximate surface area is 198 Å². The van der Waals surface area contributed by atoms with Gasteiger partial charge in [0.1, 0.15) is 0 Å². The molecular formula is C16H6F16N2O3S. The van der Waals surface area contributed by atoms with E-state index >= 15 is 0 Å². The highest BCUT2D eigenvalue weighted by molar-refractivity contribution is 7.87. The number of hydrogen-bond acceptors (Lipinski definition) is 4. The first-order valence-electron chi connectivity index (χ1n) is 8.79. The van der Waals surface area contributed by atoms with E-state index < -0.39 is 62.8 Å². The fourth-order valence-corrected chi connectivity index (χ4v) is 3.16. The number of halogens is 16. The number of oxime groups is 1. The van der Waals surface area contributed by atoms with Crippen LogP contribution in [0.1, 0.15) is 5.69 Å². The highest BCUT2D eigenvalue weighted by Crippen LogP contribution is 2.55. The molecule has 1 heterocycles. The van der Waals surface area contributed by atoms with Crippen LogP contribution < -0.4 is 0 Å². The quantitative estimate of drug-likeness (QED) is 0.212. The zero-order valence-corrected chi connectivity index (χ0v) is 17.8. The number of aromatic nitrogens is 1. The summed E-state index contributed by atoms with van der Waals surface area (Å²) in [5.74, 6) is -29.8. The Morgan fingerprint density at radius 2 is 1.18 bits per heavy atom. The predicted octanol–water partition coefficient (Wildman–Crippen LogP) is 6.48. The van der Waals surface area contributed by atoms with Gasteiger partial charge in [0.25, 0.3) is 0 Å². The Bertz CT molecular complexity index is 1290. The molecule has 22 heteroatoms. The van der Waals surface area contributed by atoms with Crippen LogP contribution in [-0.2, 0) is 14.4 Å². The van der Waals surface area contributed by atoms with E-state index in [0.29, 0.717) is 0 Å². The Morgan fingerprint density at radius 1 is 0.711 bits per heavy atom. The van der Waals surface area contributed by atoms with Gasteiger partial charge in [-0.2, -0.15) is 78.7 Å². The van der Waals surface area contributed by atoms with E-state index in [1.807, 2.05) is 0 Å². The summed E-state index contributed by atoms with van der Waals surface area (Å²) in [5.41, 5.74) is -5.32. The number of nitrogens with zero attached hydrogens (tertiary/aromatic N) is 1. The molecule has 0 saturated carbocycles. The monoisotopic (exact) mass is 610 g/mol. The number of benzene rings is 1. The molecule has 0 fully saturated rings. The lowest BCUT2D eigenvalue weighted by molar-refractivity contribution is -0.382. The molecule has 0 aliphatic carbocycles. The van der Waals surface area contributed by atoms with E-state index in [4.69, 9.17) is 0 Å². The van der Waals surface area contributed by atoms with Gasteiger partial charge in [-0.15, -0.1) is 0 Å². The minimum Gasteiger partial charge on any atom is -0.353 e. The van der Waals surface area contributed by atoms with Crippen LogP contribution in [0.5, 0.6) is 0 Å². The maximum absolute atomic E-state index is 14.3. The Kier molecular flexibility index (Phi) is 7.24. The van der Waals surface area contributed by atoms with Gasteiger partial charge in [-0.25, -0.2) is 0 Å². The molecule has 0 radical (unpaired) electrons. The second kappa shape index (κ2) is 8.79. The number of H-pyrrole nitrogens is 1. The van der Waals surface area contributed by atoms with Gasteiger partial charge < -0.3 is 4.98 Å². The summed E-state index contributed by atoms with van der Waals surface area (Å²) < 4.78 is 236. The lowest BCUT2D eigenvalue weighted by Gasteiger charge is -2.32. The van der Waals surface area contributed by atoms with Gasteiger partial charge >= 0.3 is 51.4 Å². The largest absolute Gasteiger partial charge is 0.460 e. The van der Waals surface area contributed by atoms with Gasteiger partial charge in [-0.05, 0) is 12.1 Å². The highest BCUT2D eigenvalue weighted by Gasteiger charge is 2.86. The molecule has 0 aliphatic heterocycles. The second-order valence-corrected chi connectivity index (χ2v) is 8.62. The Balaban J connectivity index is 2.74. The van der Waals surface area contributed by atoms with Crippen molar-refractivity contribution >= 4 is 26.7 Å². The normalized spacial score (nSPS) is 15.7. The molecule has 216 valence electrons. The van der Waals surface area contributed by atoms with Gasteiger partial charge in [-0.1, -0.05) is 23.4 Å². The summed E-state index contributed by atoms with van der Waals surface area (Å²) in [5, 5.41) is -6.53. The number of rotatable bonds is 8. The summed E-state index contributed by atoms with van der Waals surface area (Å²) in [7, 11) is -8.06. The lowest BCUT2D eigenvalue weighted by Crippen LogP contribution is -2.63. The van der Waals surface area contributed by atoms with Gasteiger partial charge in [0.05, 0.1) is 5.69 Å². The van der Waals surface area contributed by atoms with E-state index in [2.05, 4.69) is 4.28 Å². The molecule has 38 heavy (non-hydrogen) atoms. The zero-order chi connectivity index (χ0) is 30.0. The first kappa shape index (κ1) is 31.3. The average Bonchev–Trinajstić information content (AvgIpc) is 3.15. The standard InChI is InChI=1S/C16H6F16N2O3S/c17-10(18,11(19,20)14(25,26)27)9(8-5-6-3-1-2-4-7(6)33-8)34-37-38(35,36)16(31,32)13(23,24)12(21,22)15(28,29)30/h1-5,33H. The molecule has 0 aliphatic rings. The Morgan fingerprint density at radius 3 is 1.63 bits per heavy atom. The molecule has 0 atom stereocenters. The van der Waals surface area contributed by atoms with Crippen LogP contribution in [0.25, 0.3) is 10.9 Å². The van der Waals surface area contributed by atoms with Crippen LogP contribution in [0.15, 0.2) is 35.5 Å². The van der Waals surface area contributed by atoms with Crippen LogP contribution in [0, 0.1) is 0 Å². The fraction of sp³-hybridized carbons (Fsp3) is 0.438. The van der Waals surface area contributed by atoms with Gasteiger partial charge in [-0.3, -0.25) is 4.28 Å². The zero-order valence-electron chi connectivity index (χ0n) is 17.0. The van der Waals surface area contributed by atoms with Crippen LogP contribution in [0.3, 0.4) is 0 Å². The average molecular weight is 610 g/mol. The van der Waals surface area contributed by atoms with Crippen molar-refractivity contribution in [3.8, 4) is 0 Å². The highest BCUT2D eigenvalue weighted by atomic mass is 32.2. The van der Waals surface area contributed by atoms with Crippen molar-refractivity contribution in [1.82, 2.24) is 4.98 Å². The summed E-state index contributed by atoms with van der Waals surface area (Å²) in [6, 6.07) is 4.41. The van der Waals surface area contributed by atoms with Crippen molar-refractivity contribution in [2.24, 2.45) is 5.16 Å². The predicted molar refractivity (Wildman–Crippen MR) is 91.7 cm³/mol. The molecular weight excluding hydrogens is 604 g/mol. The summed E-state index contributed by atoms with van der Waals surface area (Å²) in [4.78, 5) is 1.68. The number of nitrogens with one attached hydrogen (secondary N) is 1. The molecule has 2 rings (SSSR count). The van der Waals surface area contributed by atoms with E-state index in [9.17, 15) is 78.7 Å². The summed E-state index contributed by atoms with van der Waals surface area (Å²) in [6.45, 7) is 0. The molecule has 0 saturated heterocycles. The lowest BCUT2D eigenvalue weighted by atomic mass is 10.0. The van der Waals surface area contributed by atoms with Gasteiger partial charge in [0.2, 0.25) is 0 Å². The third-order valence-corrected chi connectivity index (χ3v) is 5.64. The van der Waals surface area contributed by atoms with Crippen molar-refractivity contribution in [3.63, 3.8) is 0 Å². The van der Waals surface area contributed by atoms with Crippen LogP contribution in [0.2, 0.25) is 0 Å². The van der Waals surface area contributed by atoms with Crippen molar-refractivity contribution in [2.75, 3.05) is 0 Å². The Hall–Kier alpha value is -2.94. The third kappa shape index (κ3) is 4.59. The molecule has 0 unspecified atom stereocenters. The minimum absolute atomic E-state index is 0.245. The molecule has 1 N–H and O–H groups in total. The summed E-state index contributed by atoms with van der Waals surface area (Å²) >= 11 is 0. The van der Waals surface area contributed by atoms with E-state index in [1.165, 1.54) is 5.16 Å². The minimum atomic E-state index is -8.06. The van der Waals surface area contributed by atoms with E-state index in [-0.39, 0.29) is 17.0 Å². The number of fused-ring (bicyclic) bond motifs is 1. The van der Waals surface area contributed by atoms with E-state index in [0.717, 1.165) is 24.3 Å². The van der Waals surface area contributed by atoms with Gasteiger partial charge in [0, 0.05) is 10.9 Å². The number of para-hydroxylation sites is 1. The maximum Gasteiger partial charge on any atom is 0.460 e. The van der Waals surface area contributed by atoms with Crippen molar-refractivity contribution in [3.05, 3.63) is 36.0 Å². The molecule has 2 aromatic rings. The molecule has 0 amide bonds. The molecule has 5 nitrogen and oxygen atoms in total. The first-order valence-corrected chi connectivity index (χ1v) is 10.2. The molecule has 1 aromatic carbocycles. The summed E-state index contributed by atoms with van der Waals surface area (Å²) in [6.07, 6.45) is -14.7. The third-order valence-electron chi connectivity index (χ3n) is 4.49. The number of hydrogen-bond donors (Lipinski definition) is 1. The van der Waals surface area contributed by atoms with E-state index in [1.54, 1.807) is 4.98 Å². The van der Waals surface area contributed by atoms with Gasteiger partial charge in [0.15, 0.2) is 5.71 Å². The fourth-order valence-electron chi connectivity index (χ4n) is 2.45. The maximum atomic E-state index is 14.3. The molecule has 0 spiro atoms. The van der Waals surface area contributed by atoms with Crippen LogP contribution in [0.4, 0.5) is 70.2 Å². The smallest absolute Gasteiger partial charge is 0.353 e. The molecule has 1 aromatic heterocycles. The number of alkyl halides is 16. The van der Waals surface area contributed by atoms with Crippen molar-refractivity contribution in [1.29, 1.82) is 0 Å². The second-order valence-electron chi connectivity index (χ2n) is 7.05. The van der Waals surface area contributed by atoms with Crippen LogP contribution in [-0.4, -0.2) is 60.4 Å². The van der Waals surface area contributed by atoms with Crippen molar-refractivity contribution in [2.45, 2.75) is 41.3 Å². The van der Waals surface area contributed by atoms with Crippen LogP contribution >= 0.6 is 0 Å². The first-order chi connectivity index (χ1) is 16.7.